The van der Waals surface area contributed by atoms with Crippen LogP contribution in [-0.2, 0) is 27.7 Å². The molecule has 0 aromatic heterocycles. The van der Waals surface area contributed by atoms with Crippen molar-refractivity contribution < 1.29 is 22.7 Å². The van der Waals surface area contributed by atoms with Crippen LogP contribution in [0.1, 0.15) is 24.5 Å². The molecule has 186 valence electrons. The quantitative estimate of drug-likeness (QED) is 0.399. The van der Waals surface area contributed by atoms with Crippen LogP contribution in [0.25, 0.3) is 0 Å². The van der Waals surface area contributed by atoms with Gasteiger partial charge in [0.15, 0.2) is 11.5 Å². The average Bonchev–Trinajstić information content (AvgIpc) is 2.87. The SMILES string of the molecule is COc1ccc(S(=O)(=O)NC(Cc2ccccc2)C(=O)NC(C)CCc2ccccc2)cc1OC. The van der Waals surface area contributed by atoms with Crippen molar-refractivity contribution in [3.63, 3.8) is 0 Å². The van der Waals surface area contributed by atoms with Crippen molar-refractivity contribution in [1.82, 2.24) is 10.0 Å². The summed E-state index contributed by atoms with van der Waals surface area (Å²) in [6.45, 7) is 1.92. The van der Waals surface area contributed by atoms with Crippen LogP contribution in [0, 0.1) is 0 Å². The van der Waals surface area contributed by atoms with Crippen LogP contribution in [0.3, 0.4) is 0 Å². The lowest BCUT2D eigenvalue weighted by Gasteiger charge is -2.22. The van der Waals surface area contributed by atoms with E-state index >= 15 is 0 Å². The van der Waals surface area contributed by atoms with Crippen molar-refractivity contribution in [1.29, 1.82) is 0 Å². The third kappa shape index (κ3) is 7.56. The Labute approximate surface area is 207 Å². The Balaban J connectivity index is 1.76. The molecule has 2 N–H and O–H groups in total. The van der Waals surface area contributed by atoms with Gasteiger partial charge in [-0.15, -0.1) is 0 Å². The Hall–Kier alpha value is -3.36. The highest BCUT2D eigenvalue weighted by Gasteiger charge is 2.27. The molecule has 0 aliphatic rings. The van der Waals surface area contributed by atoms with E-state index in [1.807, 2.05) is 67.6 Å². The van der Waals surface area contributed by atoms with Gasteiger partial charge in [0.05, 0.1) is 19.1 Å². The summed E-state index contributed by atoms with van der Waals surface area (Å²) in [5, 5.41) is 2.97. The van der Waals surface area contributed by atoms with E-state index in [-0.39, 0.29) is 29.0 Å². The van der Waals surface area contributed by atoms with Crippen LogP contribution < -0.4 is 19.5 Å². The normalized spacial score (nSPS) is 13.0. The number of hydrogen-bond donors (Lipinski definition) is 2. The Morgan fingerprint density at radius 3 is 2.06 bits per heavy atom. The minimum absolute atomic E-state index is 0.0156. The predicted octanol–water partition coefficient (Wildman–Crippen LogP) is 3.73. The molecule has 3 aromatic carbocycles. The molecule has 1 amide bonds. The molecule has 0 fully saturated rings. The molecular formula is C27H32N2O5S. The summed E-state index contributed by atoms with van der Waals surface area (Å²) in [7, 11) is -1.11. The molecule has 0 spiro atoms. The first-order chi connectivity index (χ1) is 16.8. The van der Waals surface area contributed by atoms with E-state index in [2.05, 4.69) is 10.0 Å². The van der Waals surface area contributed by atoms with E-state index < -0.39 is 16.1 Å². The van der Waals surface area contributed by atoms with Gasteiger partial charge in [0.2, 0.25) is 15.9 Å². The van der Waals surface area contributed by atoms with Crippen molar-refractivity contribution in [3.05, 3.63) is 90.0 Å². The molecule has 0 bridgehead atoms. The number of carbonyl (C=O) groups excluding carboxylic acids is 1. The Bertz CT molecular complexity index is 1200. The highest BCUT2D eigenvalue weighted by Crippen LogP contribution is 2.29. The van der Waals surface area contributed by atoms with Gasteiger partial charge in [-0.05, 0) is 49.4 Å². The van der Waals surface area contributed by atoms with E-state index in [0.29, 0.717) is 5.75 Å². The summed E-state index contributed by atoms with van der Waals surface area (Å²) in [5.41, 5.74) is 2.03. The van der Waals surface area contributed by atoms with Crippen molar-refractivity contribution in [2.75, 3.05) is 14.2 Å². The number of rotatable bonds is 12. The molecule has 7 nitrogen and oxygen atoms in total. The first-order valence-corrected chi connectivity index (χ1v) is 12.9. The van der Waals surface area contributed by atoms with E-state index in [1.165, 1.54) is 38.0 Å². The molecule has 2 atom stereocenters. The summed E-state index contributed by atoms with van der Waals surface area (Å²) in [5.74, 6) is 0.324. The zero-order valence-corrected chi connectivity index (χ0v) is 21.0. The molecule has 2 unspecified atom stereocenters. The van der Waals surface area contributed by atoms with E-state index in [9.17, 15) is 13.2 Å². The van der Waals surface area contributed by atoms with E-state index in [0.717, 1.165) is 18.4 Å². The number of ether oxygens (including phenoxy) is 2. The van der Waals surface area contributed by atoms with Crippen molar-refractivity contribution in [2.24, 2.45) is 0 Å². The standard InChI is InChI=1S/C27H32N2O5S/c1-20(14-15-21-10-6-4-7-11-21)28-27(30)24(18-22-12-8-5-9-13-22)29-35(31,32)23-16-17-25(33-2)26(19-23)34-3/h4-13,16-17,19-20,24,29H,14-15,18H2,1-3H3,(H,28,30). The number of methoxy groups -OCH3 is 2. The third-order valence-electron chi connectivity index (χ3n) is 5.66. The van der Waals surface area contributed by atoms with Gasteiger partial charge in [-0.25, -0.2) is 8.42 Å². The van der Waals surface area contributed by atoms with Crippen LogP contribution in [0.5, 0.6) is 11.5 Å². The van der Waals surface area contributed by atoms with Crippen molar-refractivity contribution in [3.8, 4) is 11.5 Å². The first-order valence-electron chi connectivity index (χ1n) is 11.4. The number of benzene rings is 3. The van der Waals surface area contributed by atoms with Crippen LogP contribution in [0.15, 0.2) is 83.8 Å². The van der Waals surface area contributed by atoms with Crippen LogP contribution >= 0.6 is 0 Å². The maximum absolute atomic E-state index is 13.2. The van der Waals surface area contributed by atoms with Gasteiger partial charge in [-0.3, -0.25) is 4.79 Å². The molecular weight excluding hydrogens is 464 g/mol. The van der Waals surface area contributed by atoms with E-state index in [1.54, 1.807) is 0 Å². The van der Waals surface area contributed by atoms with Crippen LogP contribution in [-0.4, -0.2) is 40.6 Å². The summed E-state index contributed by atoms with van der Waals surface area (Å²) < 4.78 is 39.5. The second-order valence-electron chi connectivity index (χ2n) is 8.31. The molecule has 0 aliphatic carbocycles. The fourth-order valence-corrected chi connectivity index (χ4v) is 4.93. The molecule has 35 heavy (non-hydrogen) atoms. The predicted molar refractivity (Wildman–Crippen MR) is 136 cm³/mol. The lowest BCUT2D eigenvalue weighted by molar-refractivity contribution is -0.123. The second kappa shape index (κ2) is 12.4. The molecule has 0 radical (unpaired) electrons. The van der Waals surface area contributed by atoms with E-state index in [4.69, 9.17) is 9.47 Å². The number of nitrogens with one attached hydrogen (secondary N) is 2. The number of aryl methyl sites for hydroxylation is 1. The Kier molecular flexibility index (Phi) is 9.28. The van der Waals surface area contributed by atoms with Gasteiger partial charge in [-0.2, -0.15) is 4.72 Å². The van der Waals surface area contributed by atoms with Gasteiger partial charge >= 0.3 is 0 Å². The Morgan fingerprint density at radius 2 is 1.46 bits per heavy atom. The Morgan fingerprint density at radius 1 is 0.857 bits per heavy atom. The summed E-state index contributed by atoms with van der Waals surface area (Å²) in [6, 6.07) is 22.5. The first kappa shape index (κ1) is 26.2. The maximum atomic E-state index is 13.2. The minimum Gasteiger partial charge on any atom is -0.493 e. The minimum atomic E-state index is -4.02. The molecule has 3 rings (SSSR count). The molecule has 0 saturated carbocycles. The number of sulfonamides is 1. The fourth-order valence-electron chi connectivity index (χ4n) is 3.72. The van der Waals surface area contributed by atoms with Crippen LogP contribution in [0.2, 0.25) is 0 Å². The monoisotopic (exact) mass is 496 g/mol. The number of amides is 1. The van der Waals surface area contributed by atoms with Crippen molar-refractivity contribution >= 4 is 15.9 Å². The second-order valence-corrected chi connectivity index (χ2v) is 10.0. The number of carbonyl (C=O) groups is 1. The molecule has 0 heterocycles. The molecule has 8 heteroatoms. The number of hydrogen-bond acceptors (Lipinski definition) is 5. The molecule has 0 aliphatic heterocycles. The lowest BCUT2D eigenvalue weighted by atomic mass is 10.0. The summed E-state index contributed by atoms with van der Waals surface area (Å²) in [4.78, 5) is 13.2. The van der Waals surface area contributed by atoms with Gasteiger partial charge in [0.1, 0.15) is 6.04 Å². The third-order valence-corrected chi connectivity index (χ3v) is 7.13. The molecule has 3 aromatic rings. The topological polar surface area (TPSA) is 93.7 Å². The maximum Gasteiger partial charge on any atom is 0.241 e. The molecule has 0 saturated heterocycles. The zero-order chi connectivity index (χ0) is 25.3. The van der Waals surface area contributed by atoms with Gasteiger partial charge in [0.25, 0.3) is 0 Å². The lowest BCUT2D eigenvalue weighted by Crippen LogP contribution is -2.50. The largest absolute Gasteiger partial charge is 0.493 e. The summed E-state index contributed by atoms with van der Waals surface area (Å²) in [6.07, 6.45) is 1.75. The smallest absolute Gasteiger partial charge is 0.241 e. The fraction of sp³-hybridized carbons (Fsp3) is 0.296. The van der Waals surface area contributed by atoms with Crippen LogP contribution in [0.4, 0.5) is 0 Å². The highest BCUT2D eigenvalue weighted by atomic mass is 32.2. The van der Waals surface area contributed by atoms with Crippen molar-refractivity contribution in [2.45, 2.75) is 43.2 Å². The highest BCUT2D eigenvalue weighted by molar-refractivity contribution is 7.89. The van der Waals surface area contributed by atoms with Gasteiger partial charge in [0, 0.05) is 12.1 Å². The van der Waals surface area contributed by atoms with Gasteiger partial charge in [-0.1, -0.05) is 60.7 Å². The zero-order valence-electron chi connectivity index (χ0n) is 20.2. The van der Waals surface area contributed by atoms with Gasteiger partial charge < -0.3 is 14.8 Å². The summed E-state index contributed by atoms with van der Waals surface area (Å²) >= 11 is 0. The average molecular weight is 497 g/mol.